The van der Waals surface area contributed by atoms with Crippen molar-refractivity contribution in [2.75, 3.05) is 26.9 Å². The van der Waals surface area contributed by atoms with E-state index in [1.165, 1.54) is 101 Å². The molecule has 0 radical (unpaired) electrons. The molecule has 12 nitrogen and oxygen atoms in total. The SMILES string of the molecule is C=CCCC.C=CCOC(C)=O.CC.CC#CC#CC#CCC(C)(CC#CC#CC#CC)CC#CC#CC#CC.CC(=O)OC(C)(C)C.CC(=O)OCC1c2ccccc2-c2ccccc21.CC(=O)OCC[Si](C)(C)C.CC(=O)OCc1ccccc1.CC(C)(C)C.CC(C)(C)[Si](C)(C)C.CC(C)=O.CCC.CCc1ccc(OC)cc1.CCc1ccccc1. The number of esters is 5. The minimum atomic E-state index is -1.00. The average molecular weight is 1740 g/mol. The molecule has 0 saturated carbocycles. The number of benzene rings is 5. The maximum Gasteiger partial charge on any atom is 0.303 e. The number of fused-ring (bicyclic) bond motifs is 3. The van der Waals surface area contributed by atoms with Gasteiger partial charge in [-0.1, -0.05) is 332 Å². The first kappa shape index (κ1) is 129. The summed E-state index contributed by atoms with van der Waals surface area (Å²) in [5.41, 5.74) is 8.76. The fourth-order valence-corrected chi connectivity index (χ4v) is 8.47. The number of carbonyl (C=O) groups is 6. The molecule has 0 fully saturated rings. The van der Waals surface area contributed by atoms with Gasteiger partial charge in [-0.3, -0.25) is 24.0 Å². The molecule has 0 bridgehead atoms. The number of allylic oxidation sites excluding steroid dienone is 1. The Balaban J connectivity index is -0.000000206. The molecule has 1 aliphatic carbocycles. The smallest absolute Gasteiger partial charge is 0.303 e. The van der Waals surface area contributed by atoms with Crippen molar-refractivity contribution in [3.63, 3.8) is 0 Å². The van der Waals surface area contributed by atoms with E-state index in [1.807, 2.05) is 113 Å². The maximum atomic E-state index is 11.0. The first-order valence-electron chi connectivity index (χ1n) is 43.0. The maximum absolute atomic E-state index is 11.0. The number of rotatable bonds is 17. The normalized spacial score (nSPS) is 9.46. The molecular formula is C111H160O12Si2. The van der Waals surface area contributed by atoms with Crippen LogP contribution in [0.1, 0.15) is 266 Å². The third-order valence-electron chi connectivity index (χ3n) is 15.0. The van der Waals surface area contributed by atoms with Gasteiger partial charge in [0.1, 0.15) is 37.0 Å². The van der Waals surface area contributed by atoms with Gasteiger partial charge in [0, 0.05) is 81.4 Å². The van der Waals surface area contributed by atoms with Gasteiger partial charge in [0.2, 0.25) is 0 Å². The van der Waals surface area contributed by atoms with Crippen molar-refractivity contribution < 1.29 is 57.2 Å². The zero-order chi connectivity index (χ0) is 97.8. The van der Waals surface area contributed by atoms with E-state index >= 15 is 0 Å². The average Bonchev–Trinajstić information content (AvgIpc) is 1.62. The lowest BCUT2D eigenvalue weighted by Crippen LogP contribution is -2.32. The van der Waals surface area contributed by atoms with Crippen LogP contribution in [-0.4, -0.2) is 84.3 Å². The van der Waals surface area contributed by atoms with Gasteiger partial charge in [0.25, 0.3) is 0 Å². The Morgan fingerprint density at radius 1 is 0.432 bits per heavy atom. The molecule has 0 saturated heterocycles. The highest BCUT2D eigenvalue weighted by molar-refractivity contribution is 6.78. The minimum Gasteiger partial charge on any atom is -0.497 e. The molecule has 0 heterocycles. The zero-order valence-corrected chi connectivity index (χ0v) is 85.9. The molecule has 0 unspecified atom stereocenters. The van der Waals surface area contributed by atoms with Gasteiger partial charge >= 0.3 is 29.8 Å². The van der Waals surface area contributed by atoms with Crippen molar-refractivity contribution in [1.82, 2.24) is 0 Å². The third-order valence-corrected chi connectivity index (χ3v) is 21.2. The number of hydrogen-bond acceptors (Lipinski definition) is 12. The lowest BCUT2D eigenvalue weighted by molar-refractivity contribution is -0.152. The summed E-state index contributed by atoms with van der Waals surface area (Å²) < 4.78 is 29.0. The molecule has 0 aromatic heterocycles. The van der Waals surface area contributed by atoms with E-state index in [9.17, 15) is 28.8 Å². The van der Waals surface area contributed by atoms with Crippen LogP contribution in [0.15, 0.2) is 159 Å². The summed E-state index contributed by atoms with van der Waals surface area (Å²) in [6.45, 7) is 76.0. The van der Waals surface area contributed by atoms with Gasteiger partial charge in [-0.25, -0.2) is 0 Å². The molecule has 5 aromatic carbocycles. The van der Waals surface area contributed by atoms with E-state index in [0.717, 1.165) is 36.6 Å². The number of hydrogen-bond donors (Lipinski definition) is 0. The molecule has 6 rings (SSSR count). The second-order valence-electron chi connectivity index (χ2n) is 33.6. The van der Waals surface area contributed by atoms with Crippen molar-refractivity contribution in [3.05, 3.63) is 187 Å². The Morgan fingerprint density at radius 3 is 1.01 bits per heavy atom. The highest BCUT2D eigenvalue weighted by atomic mass is 28.3. The molecule has 1 aliphatic rings. The predicted octanol–water partition coefficient (Wildman–Crippen LogP) is 27.0. The van der Waals surface area contributed by atoms with Gasteiger partial charge in [-0.2, -0.15) is 0 Å². The van der Waals surface area contributed by atoms with Crippen LogP contribution < -0.4 is 4.74 Å². The number of aryl methyl sites for hydroxylation is 2. The fraction of sp³-hybridized carbons (Fsp3) is 0.477. The van der Waals surface area contributed by atoms with E-state index < -0.39 is 16.1 Å². The van der Waals surface area contributed by atoms with Crippen molar-refractivity contribution in [2.45, 2.75) is 314 Å². The quantitative estimate of drug-likeness (QED) is 0.0286. The van der Waals surface area contributed by atoms with E-state index in [-0.39, 0.29) is 52.6 Å². The van der Waals surface area contributed by atoms with E-state index in [0.29, 0.717) is 56.1 Å². The fourth-order valence-electron chi connectivity index (χ4n) is 7.75. The summed E-state index contributed by atoms with van der Waals surface area (Å²) in [6.07, 6.45) is 11.2. The molecule has 0 aliphatic heterocycles. The largest absolute Gasteiger partial charge is 0.497 e. The Kier molecular flexibility index (Phi) is 85.4. The number of ether oxygens (including phenoxy) is 6. The summed E-state index contributed by atoms with van der Waals surface area (Å²) in [5, 5.41) is 0.576. The molecule has 0 spiro atoms. The monoisotopic (exact) mass is 1740 g/mol. The van der Waals surface area contributed by atoms with E-state index in [1.54, 1.807) is 27.9 Å². The minimum absolute atomic E-state index is 0.167. The number of methoxy groups -OCH3 is 1. The summed E-state index contributed by atoms with van der Waals surface area (Å²) >= 11 is 0. The summed E-state index contributed by atoms with van der Waals surface area (Å²) in [7, 11) is -0.179. The molecular weight excluding hydrogens is 1580 g/mol. The van der Waals surface area contributed by atoms with Gasteiger partial charge in [-0.05, 0) is 213 Å². The standard InChI is InChI=1S/C26H18.C16H14O2.C9H10O2.C9H12O.C8H10.C7H16O2Si.C7H18Si.C6H12O2.C5H8O2.C5H12.C5H10.C3H6O.C3H8.C2H6/c1-5-8-11-14-17-20-23-26(4,24-21-18-15-12-9-6-2)25-22-19-16-13-10-7-3;1-11(17)18-10-16-14-8-4-2-6-12(14)13-7-3-5-9-15(13)16;1-8(10)11-7-9-5-3-2-4-6-9;1-3-8-4-6-9(10-2)7-5-8;1-2-8-6-4-3-5-7-8;1-7(8)9-5-6-10(2,3)4;1-7(2,3)8(4,5)6;1-5(7)8-6(2,3)4;1-3-4-7-5(2)6;1-5(2,3)4;1-3-5-4-2;1-3(2)4;1-3-2;1-2/h23-25H2,1-4H3;2-9,16H,10H2,1H3;2-6H,7H2,1H3;4-7H,3H2,1-2H3;3-7H,2H2,1H3;5-6H2,1-4H3;1-6H3;1-4H3;3H,1,4H2,2H3;1-4H3;3H,1,4-5H2,2H3;1-2H3;3H2,1-2H3;1-2H3. The van der Waals surface area contributed by atoms with Gasteiger partial charge in [0.05, 0.1) is 13.7 Å². The van der Waals surface area contributed by atoms with Crippen molar-refractivity contribution in [2.24, 2.45) is 10.8 Å². The van der Waals surface area contributed by atoms with Gasteiger partial charge in [0.15, 0.2) is 0 Å². The number of Topliss-reactive ketones (excluding diaryl/α,β-unsaturated/α-hetero) is 1. The second kappa shape index (κ2) is 82.5. The molecule has 5 aromatic rings. The third kappa shape index (κ3) is 98.2. The summed E-state index contributed by atoms with van der Waals surface area (Å²) in [4.78, 5) is 61.3. The molecule has 14 heteroatoms. The Bertz CT molecular complexity index is 4140. The summed E-state index contributed by atoms with van der Waals surface area (Å²) in [5.74, 6) is 49.9. The molecule has 684 valence electrons. The topological polar surface area (TPSA) is 158 Å². The van der Waals surface area contributed by atoms with Gasteiger partial charge in [-0.15, -0.1) is 6.58 Å². The number of carbonyl (C=O) groups excluding carboxylic acids is 6. The van der Waals surface area contributed by atoms with Crippen LogP contribution in [0.3, 0.4) is 0 Å². The predicted molar refractivity (Wildman–Crippen MR) is 540 cm³/mol. The van der Waals surface area contributed by atoms with Crippen molar-refractivity contribution in [3.8, 4) is 123 Å². The first-order valence-corrected chi connectivity index (χ1v) is 50.2. The van der Waals surface area contributed by atoms with Crippen LogP contribution in [0.2, 0.25) is 50.4 Å². The van der Waals surface area contributed by atoms with Crippen molar-refractivity contribution >= 4 is 51.8 Å². The molecule has 0 amide bonds. The van der Waals surface area contributed by atoms with Crippen LogP contribution in [0.25, 0.3) is 11.1 Å². The first-order chi connectivity index (χ1) is 58.4. The van der Waals surface area contributed by atoms with Crippen LogP contribution in [-0.2, 0) is 71.9 Å². The van der Waals surface area contributed by atoms with Crippen molar-refractivity contribution in [1.29, 1.82) is 0 Å². The van der Waals surface area contributed by atoms with Gasteiger partial charge < -0.3 is 33.2 Å². The van der Waals surface area contributed by atoms with Crippen LogP contribution in [0.4, 0.5) is 0 Å². The molecule has 125 heavy (non-hydrogen) atoms. The van der Waals surface area contributed by atoms with Crippen LogP contribution in [0.5, 0.6) is 5.75 Å². The van der Waals surface area contributed by atoms with Crippen LogP contribution in [0, 0.1) is 117 Å². The number of ketones is 1. The molecule has 0 atom stereocenters. The van der Waals surface area contributed by atoms with E-state index in [4.69, 9.17) is 23.7 Å². The Morgan fingerprint density at radius 2 is 0.760 bits per heavy atom. The highest BCUT2D eigenvalue weighted by Gasteiger charge is 2.30. The lowest BCUT2D eigenvalue weighted by Gasteiger charge is -2.32. The number of unbranched alkanes of at least 4 members (excludes halogenated alkanes) is 1. The lowest BCUT2D eigenvalue weighted by atomic mass is 9.81. The zero-order valence-electron chi connectivity index (χ0n) is 83.9. The van der Waals surface area contributed by atoms with Crippen LogP contribution >= 0.6 is 0 Å². The Hall–Kier alpha value is -11.1. The highest BCUT2D eigenvalue weighted by Crippen LogP contribution is 2.44. The van der Waals surface area contributed by atoms with E-state index in [2.05, 4.69) is 314 Å². The summed E-state index contributed by atoms with van der Waals surface area (Å²) in [6, 6.07) is 45.9. The second-order valence-corrected chi connectivity index (χ2v) is 45.2. The Labute approximate surface area is 765 Å². The molecule has 0 N–H and O–H groups in total.